The number of amidine groups is 1. The molecule has 27 heavy (non-hydrogen) atoms. The first-order valence-corrected chi connectivity index (χ1v) is 8.88. The van der Waals surface area contributed by atoms with Crippen molar-refractivity contribution < 1.29 is 4.79 Å². The second-order valence-electron chi connectivity index (χ2n) is 7.94. The Balaban J connectivity index is 2.99. The minimum absolute atomic E-state index is 0.0122. The Morgan fingerprint density at radius 2 is 2.00 bits per heavy atom. The molecule has 5 heteroatoms. The average molecular weight is 367 g/mol. The molecule has 0 bridgehead atoms. The summed E-state index contributed by atoms with van der Waals surface area (Å²) in [5.74, 6) is 0.807. The van der Waals surface area contributed by atoms with E-state index in [1.165, 1.54) is 13.1 Å². The van der Waals surface area contributed by atoms with Gasteiger partial charge in [-0.3, -0.25) is 4.79 Å². The van der Waals surface area contributed by atoms with E-state index < -0.39 is 0 Å². The molecule has 1 N–H and O–H groups in total. The molecule has 5 nitrogen and oxygen atoms in total. The smallest absolute Gasteiger partial charge is 0.159 e. The summed E-state index contributed by atoms with van der Waals surface area (Å²) < 4.78 is 0. The molecule has 0 unspecified atom stereocenters. The van der Waals surface area contributed by atoms with Crippen LogP contribution in [0.5, 0.6) is 0 Å². The summed E-state index contributed by atoms with van der Waals surface area (Å²) in [6.45, 7) is 16.7. The fourth-order valence-electron chi connectivity index (χ4n) is 2.46. The lowest BCUT2D eigenvalue weighted by atomic mass is 9.96. The van der Waals surface area contributed by atoms with Crippen molar-refractivity contribution in [2.75, 3.05) is 18.9 Å². The number of allylic oxidation sites excluding steroid dienone is 1. The number of aryl methyl sites for hydroxylation is 1. The van der Waals surface area contributed by atoms with E-state index >= 15 is 0 Å². The fraction of sp³-hybridized carbons (Fsp3) is 0.409. The van der Waals surface area contributed by atoms with Gasteiger partial charge in [-0.05, 0) is 37.8 Å². The number of nitriles is 1. The molecule has 1 aromatic rings. The number of nitrogens with one attached hydrogen (secondary N) is 1. The van der Waals surface area contributed by atoms with Crippen LogP contribution in [0.2, 0.25) is 0 Å². The van der Waals surface area contributed by atoms with Crippen LogP contribution in [0.4, 0.5) is 5.69 Å². The molecular weight excluding hydrogens is 336 g/mol. The van der Waals surface area contributed by atoms with Crippen LogP contribution in [0.25, 0.3) is 0 Å². The van der Waals surface area contributed by atoms with Crippen LogP contribution in [0.1, 0.15) is 50.5 Å². The zero-order valence-electron chi connectivity index (χ0n) is 17.5. The van der Waals surface area contributed by atoms with Crippen LogP contribution in [0.15, 0.2) is 47.2 Å². The van der Waals surface area contributed by atoms with E-state index in [1.54, 1.807) is 12.1 Å². The molecule has 0 atom stereocenters. The summed E-state index contributed by atoms with van der Waals surface area (Å²) in [6.07, 6.45) is 1.52. The van der Waals surface area contributed by atoms with Gasteiger partial charge in [0.25, 0.3) is 0 Å². The van der Waals surface area contributed by atoms with Gasteiger partial charge in [0.1, 0.15) is 11.9 Å². The third kappa shape index (κ3) is 7.10. The largest absolute Gasteiger partial charge is 0.363 e. The van der Waals surface area contributed by atoms with Crippen molar-refractivity contribution in [3.8, 4) is 6.07 Å². The number of hydrogen-bond acceptors (Lipinski definition) is 4. The topological polar surface area (TPSA) is 68.5 Å². The van der Waals surface area contributed by atoms with E-state index in [0.29, 0.717) is 16.8 Å². The summed E-state index contributed by atoms with van der Waals surface area (Å²) in [5, 5.41) is 12.6. The van der Waals surface area contributed by atoms with Gasteiger partial charge in [0.15, 0.2) is 5.78 Å². The second-order valence-corrected chi connectivity index (χ2v) is 7.94. The lowest BCUT2D eigenvalue weighted by molar-refractivity contribution is 0.101. The summed E-state index contributed by atoms with van der Waals surface area (Å²) in [5.41, 5.74) is 3.25. The van der Waals surface area contributed by atoms with Crippen molar-refractivity contribution in [3.05, 3.63) is 53.4 Å². The minimum atomic E-state index is -0.0122. The molecule has 0 amide bonds. The number of Topliss-reactive ketones (excluding diaryl/α,β-unsaturated/α-hetero) is 1. The maximum absolute atomic E-state index is 11.6. The molecule has 0 aliphatic carbocycles. The molecule has 0 saturated carbocycles. The van der Waals surface area contributed by atoms with Crippen molar-refractivity contribution in [3.63, 3.8) is 0 Å². The maximum Gasteiger partial charge on any atom is 0.159 e. The van der Waals surface area contributed by atoms with Crippen LogP contribution >= 0.6 is 0 Å². The third-order valence-corrected chi connectivity index (χ3v) is 4.02. The number of carbonyl (C=O) groups excluding carboxylic acids is 1. The molecule has 0 heterocycles. The second kappa shape index (κ2) is 9.18. The van der Waals surface area contributed by atoms with Crippen LogP contribution in [-0.2, 0) is 0 Å². The number of benzene rings is 1. The summed E-state index contributed by atoms with van der Waals surface area (Å²) >= 11 is 0. The average Bonchev–Trinajstić information content (AvgIpc) is 2.55. The molecule has 144 valence electrons. The number of nitrogens with zero attached hydrogens (tertiary/aromatic N) is 3. The number of carbonyl (C=O) groups is 1. The molecule has 0 fully saturated rings. The number of ketones is 1. The highest BCUT2D eigenvalue weighted by atomic mass is 16.1. The number of hydrogen-bond donors (Lipinski definition) is 1. The molecule has 0 saturated heterocycles. The van der Waals surface area contributed by atoms with Gasteiger partial charge in [-0.25, -0.2) is 4.99 Å². The van der Waals surface area contributed by atoms with Gasteiger partial charge in [0, 0.05) is 31.0 Å². The molecule has 0 aliphatic rings. The Morgan fingerprint density at radius 1 is 1.37 bits per heavy atom. The van der Waals surface area contributed by atoms with Crippen molar-refractivity contribution in [2.45, 2.75) is 41.5 Å². The zero-order valence-corrected chi connectivity index (χ0v) is 17.5. The van der Waals surface area contributed by atoms with Crippen LogP contribution in [-0.4, -0.2) is 30.1 Å². The van der Waals surface area contributed by atoms with Crippen LogP contribution < -0.4 is 5.32 Å². The first-order valence-electron chi connectivity index (χ1n) is 8.88. The predicted octanol–water partition coefficient (Wildman–Crippen LogP) is 4.93. The summed E-state index contributed by atoms with van der Waals surface area (Å²) in [4.78, 5) is 18.1. The van der Waals surface area contributed by atoms with Crippen molar-refractivity contribution in [1.29, 1.82) is 5.26 Å². The van der Waals surface area contributed by atoms with E-state index in [1.807, 2.05) is 27.0 Å². The lowest BCUT2D eigenvalue weighted by Crippen LogP contribution is -2.32. The SMILES string of the molecule is C=C(Nc1cc(C(C)=O)ccc1C)/C(C#N)=C\N=C(C)N(C)CC(C)(C)C. The van der Waals surface area contributed by atoms with Gasteiger partial charge in [-0.2, -0.15) is 5.26 Å². The van der Waals surface area contributed by atoms with Gasteiger partial charge in [-0.15, -0.1) is 0 Å². The highest BCUT2D eigenvalue weighted by Crippen LogP contribution is 2.21. The predicted molar refractivity (Wildman–Crippen MR) is 113 cm³/mol. The first-order chi connectivity index (χ1) is 12.4. The molecule has 0 aromatic heterocycles. The zero-order chi connectivity index (χ0) is 20.8. The number of rotatable bonds is 6. The third-order valence-electron chi connectivity index (χ3n) is 4.02. The molecule has 0 spiro atoms. The Kier molecular flexibility index (Phi) is 7.54. The molecular formula is C22H30N4O. The Morgan fingerprint density at radius 3 is 2.52 bits per heavy atom. The minimum Gasteiger partial charge on any atom is -0.363 e. The highest BCUT2D eigenvalue weighted by Gasteiger charge is 2.14. The Hall–Kier alpha value is -2.87. The van der Waals surface area contributed by atoms with E-state index in [-0.39, 0.29) is 11.2 Å². The van der Waals surface area contributed by atoms with Gasteiger partial charge >= 0.3 is 0 Å². The van der Waals surface area contributed by atoms with E-state index in [0.717, 1.165) is 23.6 Å². The monoisotopic (exact) mass is 366 g/mol. The molecule has 1 aromatic carbocycles. The van der Waals surface area contributed by atoms with E-state index in [9.17, 15) is 10.1 Å². The Labute approximate surface area is 163 Å². The fourth-order valence-corrected chi connectivity index (χ4v) is 2.46. The van der Waals surface area contributed by atoms with Crippen molar-refractivity contribution in [2.24, 2.45) is 10.4 Å². The lowest BCUT2D eigenvalue weighted by Gasteiger charge is -2.27. The maximum atomic E-state index is 11.6. The Bertz CT molecular complexity index is 820. The van der Waals surface area contributed by atoms with Gasteiger partial charge in [0.05, 0.1) is 11.3 Å². The number of aliphatic imine (C=N–C) groups is 1. The first kappa shape index (κ1) is 22.2. The van der Waals surface area contributed by atoms with Gasteiger partial charge in [-0.1, -0.05) is 39.5 Å². The normalized spacial score (nSPS) is 12.4. The van der Waals surface area contributed by atoms with Crippen LogP contribution in [0, 0.1) is 23.7 Å². The van der Waals surface area contributed by atoms with Gasteiger partial charge in [0.2, 0.25) is 0 Å². The van der Waals surface area contributed by atoms with E-state index in [2.05, 4.69) is 48.6 Å². The molecule has 0 aliphatic heterocycles. The van der Waals surface area contributed by atoms with Crippen molar-refractivity contribution in [1.82, 2.24) is 4.90 Å². The summed E-state index contributed by atoms with van der Waals surface area (Å²) in [7, 11) is 1.98. The molecule has 0 radical (unpaired) electrons. The quantitative estimate of drug-likeness (QED) is 0.255. The molecule has 1 rings (SSSR count). The number of anilines is 1. The van der Waals surface area contributed by atoms with Crippen LogP contribution in [0.3, 0.4) is 0 Å². The standard InChI is InChI=1S/C22H30N4O/c1-15-9-10-19(17(3)27)11-21(15)25-16(2)20(12-23)13-24-18(4)26(8)14-22(5,6)7/h9-11,13,25H,2,14H2,1,3-8H3/b20-13-,24-18?. The van der Waals surface area contributed by atoms with Crippen molar-refractivity contribution >= 4 is 17.3 Å². The van der Waals surface area contributed by atoms with E-state index in [4.69, 9.17) is 0 Å². The summed E-state index contributed by atoms with van der Waals surface area (Å²) in [6, 6.07) is 7.55. The highest BCUT2D eigenvalue weighted by molar-refractivity contribution is 5.95. The van der Waals surface area contributed by atoms with Gasteiger partial charge < -0.3 is 10.2 Å².